The summed E-state index contributed by atoms with van der Waals surface area (Å²) in [4.78, 5) is 18.8. The number of aromatic nitrogens is 1. The number of ether oxygens (including phenoxy) is 2. The van der Waals surface area contributed by atoms with Gasteiger partial charge in [0.1, 0.15) is 10.6 Å². The molecule has 6 nitrogen and oxygen atoms in total. The molecule has 1 aliphatic rings. The lowest BCUT2D eigenvalue weighted by Crippen LogP contribution is -2.36. The van der Waals surface area contributed by atoms with Crippen molar-refractivity contribution in [2.75, 3.05) is 38.3 Å². The molecule has 1 aliphatic heterocycles. The minimum atomic E-state index is -0.926. The second-order valence-corrected chi connectivity index (χ2v) is 7.38. The number of fused-ring (bicyclic) bond motifs is 1. The molecule has 0 unspecified atom stereocenters. The SMILES string of the molecule is COc1ccc2ccc(Cc3nc(N4CCOCC4)sc3C(=O)O)cc2c1. The zero-order valence-electron chi connectivity index (χ0n) is 15.0. The smallest absolute Gasteiger partial charge is 0.347 e. The molecule has 27 heavy (non-hydrogen) atoms. The van der Waals surface area contributed by atoms with Gasteiger partial charge in [-0.05, 0) is 28.5 Å². The third-order valence-corrected chi connectivity index (χ3v) is 5.79. The molecule has 2 heterocycles. The summed E-state index contributed by atoms with van der Waals surface area (Å²) in [6.45, 7) is 2.76. The predicted octanol–water partition coefficient (Wildman–Crippen LogP) is 3.43. The van der Waals surface area contributed by atoms with Crippen molar-refractivity contribution in [2.24, 2.45) is 0 Å². The summed E-state index contributed by atoms with van der Waals surface area (Å²) >= 11 is 1.24. The molecule has 1 saturated heterocycles. The maximum atomic E-state index is 11.7. The summed E-state index contributed by atoms with van der Waals surface area (Å²) in [7, 11) is 1.65. The number of hydrogen-bond acceptors (Lipinski definition) is 6. The quantitative estimate of drug-likeness (QED) is 0.727. The summed E-state index contributed by atoms with van der Waals surface area (Å²) in [5.41, 5.74) is 1.63. The minimum absolute atomic E-state index is 0.308. The van der Waals surface area contributed by atoms with Crippen LogP contribution in [0, 0.1) is 0 Å². The van der Waals surface area contributed by atoms with Gasteiger partial charge in [-0.15, -0.1) is 0 Å². The molecule has 1 aromatic heterocycles. The number of thiazole rings is 1. The van der Waals surface area contributed by atoms with Crippen LogP contribution in [-0.2, 0) is 11.2 Å². The average molecular weight is 384 g/mol. The van der Waals surface area contributed by atoms with Crippen molar-refractivity contribution >= 4 is 33.2 Å². The lowest BCUT2D eigenvalue weighted by molar-refractivity contribution is 0.0701. The van der Waals surface area contributed by atoms with Crippen LogP contribution in [0.25, 0.3) is 10.8 Å². The number of carboxylic acids is 1. The van der Waals surface area contributed by atoms with Gasteiger partial charge in [-0.2, -0.15) is 0 Å². The van der Waals surface area contributed by atoms with Gasteiger partial charge in [-0.25, -0.2) is 9.78 Å². The molecule has 0 amide bonds. The first kappa shape index (κ1) is 17.8. The van der Waals surface area contributed by atoms with Crippen molar-refractivity contribution in [3.8, 4) is 5.75 Å². The number of carbonyl (C=O) groups is 1. The summed E-state index contributed by atoms with van der Waals surface area (Å²) in [5.74, 6) is -0.126. The zero-order valence-corrected chi connectivity index (χ0v) is 15.8. The van der Waals surface area contributed by atoms with Gasteiger partial charge >= 0.3 is 5.97 Å². The normalized spacial score (nSPS) is 14.5. The Morgan fingerprint density at radius 2 is 2.00 bits per heavy atom. The molecule has 7 heteroatoms. The van der Waals surface area contributed by atoms with Crippen LogP contribution in [0.2, 0.25) is 0 Å². The van der Waals surface area contributed by atoms with Gasteiger partial charge in [0.15, 0.2) is 5.13 Å². The fourth-order valence-corrected chi connectivity index (χ4v) is 4.19. The van der Waals surface area contributed by atoms with Crippen molar-refractivity contribution in [3.63, 3.8) is 0 Å². The Kier molecular flexibility index (Phi) is 4.96. The maximum absolute atomic E-state index is 11.7. The summed E-state index contributed by atoms with van der Waals surface area (Å²) in [6.07, 6.45) is 0.482. The summed E-state index contributed by atoms with van der Waals surface area (Å²) in [6, 6.07) is 12.1. The predicted molar refractivity (Wildman–Crippen MR) is 105 cm³/mol. The zero-order chi connectivity index (χ0) is 18.8. The first-order valence-electron chi connectivity index (χ1n) is 8.76. The number of methoxy groups -OCH3 is 1. The van der Waals surface area contributed by atoms with Gasteiger partial charge < -0.3 is 19.5 Å². The van der Waals surface area contributed by atoms with Gasteiger partial charge in [0, 0.05) is 19.5 Å². The van der Waals surface area contributed by atoms with Crippen LogP contribution < -0.4 is 9.64 Å². The Morgan fingerprint density at radius 3 is 2.74 bits per heavy atom. The molecule has 1 fully saturated rings. The number of nitrogens with zero attached hydrogens (tertiary/aromatic N) is 2. The number of hydrogen-bond donors (Lipinski definition) is 1. The minimum Gasteiger partial charge on any atom is -0.497 e. The number of anilines is 1. The maximum Gasteiger partial charge on any atom is 0.347 e. The highest BCUT2D eigenvalue weighted by molar-refractivity contribution is 7.17. The molecule has 0 spiro atoms. The van der Waals surface area contributed by atoms with E-state index in [0.717, 1.165) is 40.3 Å². The second kappa shape index (κ2) is 7.54. The number of carboxylic acid groups (broad SMARTS) is 1. The number of rotatable bonds is 5. The van der Waals surface area contributed by atoms with E-state index in [1.165, 1.54) is 11.3 Å². The number of benzene rings is 2. The van der Waals surface area contributed by atoms with Crippen LogP contribution >= 0.6 is 11.3 Å². The van der Waals surface area contributed by atoms with E-state index in [-0.39, 0.29) is 0 Å². The van der Waals surface area contributed by atoms with Crippen LogP contribution in [0.5, 0.6) is 5.75 Å². The topological polar surface area (TPSA) is 71.9 Å². The third-order valence-electron chi connectivity index (χ3n) is 4.65. The molecule has 0 saturated carbocycles. The first-order chi connectivity index (χ1) is 13.1. The van der Waals surface area contributed by atoms with Crippen LogP contribution in [0.3, 0.4) is 0 Å². The standard InChI is InChI=1S/C20H20N2O4S/c1-25-16-5-4-14-3-2-13(10-15(14)12-16)11-17-18(19(23)24)27-20(21-17)22-6-8-26-9-7-22/h2-5,10,12H,6-9,11H2,1H3,(H,23,24). The monoisotopic (exact) mass is 384 g/mol. The number of morpholine rings is 1. The third kappa shape index (κ3) is 3.74. The molecule has 0 bridgehead atoms. The van der Waals surface area contributed by atoms with Crippen molar-refractivity contribution in [1.82, 2.24) is 4.98 Å². The van der Waals surface area contributed by atoms with E-state index in [9.17, 15) is 9.90 Å². The molecular formula is C20H20N2O4S. The molecule has 2 aromatic carbocycles. The Bertz CT molecular complexity index is 979. The van der Waals surface area contributed by atoms with Crippen molar-refractivity contribution in [3.05, 3.63) is 52.5 Å². The lowest BCUT2D eigenvalue weighted by atomic mass is 10.0. The van der Waals surface area contributed by atoms with Crippen molar-refractivity contribution in [1.29, 1.82) is 0 Å². The molecule has 4 rings (SSSR count). The molecule has 1 N–H and O–H groups in total. The van der Waals surface area contributed by atoms with Crippen LogP contribution in [-0.4, -0.2) is 49.5 Å². The van der Waals surface area contributed by atoms with E-state index in [2.05, 4.69) is 16.0 Å². The Balaban J connectivity index is 1.65. The molecule has 0 radical (unpaired) electrons. The fraction of sp³-hybridized carbons (Fsp3) is 0.300. The Hall–Kier alpha value is -2.64. The molecule has 0 atom stereocenters. The first-order valence-corrected chi connectivity index (χ1v) is 9.58. The number of aromatic carboxylic acids is 1. The Labute approximate surface area is 161 Å². The lowest BCUT2D eigenvalue weighted by Gasteiger charge is -2.26. The van der Waals surface area contributed by atoms with Gasteiger partial charge in [0.05, 0.1) is 26.0 Å². The summed E-state index contributed by atoms with van der Waals surface area (Å²) < 4.78 is 10.7. The van der Waals surface area contributed by atoms with Gasteiger partial charge in [0.25, 0.3) is 0 Å². The molecule has 0 aliphatic carbocycles. The van der Waals surface area contributed by atoms with E-state index >= 15 is 0 Å². The van der Waals surface area contributed by atoms with E-state index < -0.39 is 5.97 Å². The van der Waals surface area contributed by atoms with Crippen LogP contribution in [0.4, 0.5) is 5.13 Å². The van der Waals surface area contributed by atoms with E-state index in [1.54, 1.807) is 7.11 Å². The Morgan fingerprint density at radius 1 is 1.22 bits per heavy atom. The second-order valence-electron chi connectivity index (χ2n) is 6.40. The summed E-state index contributed by atoms with van der Waals surface area (Å²) in [5, 5.41) is 12.5. The van der Waals surface area contributed by atoms with Crippen LogP contribution in [0.1, 0.15) is 20.9 Å². The van der Waals surface area contributed by atoms with E-state index in [0.29, 0.717) is 30.2 Å². The fourth-order valence-electron chi connectivity index (χ4n) is 3.22. The largest absolute Gasteiger partial charge is 0.497 e. The van der Waals surface area contributed by atoms with Crippen molar-refractivity contribution in [2.45, 2.75) is 6.42 Å². The van der Waals surface area contributed by atoms with Crippen LogP contribution in [0.15, 0.2) is 36.4 Å². The highest BCUT2D eigenvalue weighted by atomic mass is 32.1. The van der Waals surface area contributed by atoms with E-state index in [1.807, 2.05) is 30.3 Å². The van der Waals surface area contributed by atoms with Crippen molar-refractivity contribution < 1.29 is 19.4 Å². The van der Waals surface area contributed by atoms with Gasteiger partial charge in [0.2, 0.25) is 0 Å². The molecular weight excluding hydrogens is 364 g/mol. The van der Waals surface area contributed by atoms with Gasteiger partial charge in [-0.3, -0.25) is 0 Å². The van der Waals surface area contributed by atoms with Gasteiger partial charge in [-0.1, -0.05) is 35.6 Å². The average Bonchev–Trinajstić information content (AvgIpc) is 3.12. The molecule has 140 valence electrons. The highest BCUT2D eigenvalue weighted by Crippen LogP contribution is 2.30. The molecule has 3 aromatic rings. The van der Waals surface area contributed by atoms with E-state index in [4.69, 9.17) is 9.47 Å². The highest BCUT2D eigenvalue weighted by Gasteiger charge is 2.22.